The van der Waals surface area contributed by atoms with Crippen molar-refractivity contribution in [1.82, 2.24) is 0 Å². The quantitative estimate of drug-likeness (QED) is 0.504. The molecule has 0 spiro atoms. The van der Waals surface area contributed by atoms with Crippen LogP contribution in [0.25, 0.3) is 5.57 Å². The van der Waals surface area contributed by atoms with E-state index in [0.29, 0.717) is 0 Å². The first-order chi connectivity index (χ1) is 6.24. The first-order valence-electron chi connectivity index (χ1n) is 3.73. The monoisotopic (exact) mass is 177 g/mol. The fourth-order valence-corrected chi connectivity index (χ4v) is 0.910. The number of halogens is 1. The third-order valence-electron chi connectivity index (χ3n) is 1.61. The highest BCUT2D eigenvalue weighted by Gasteiger charge is 1.94. The van der Waals surface area contributed by atoms with Gasteiger partial charge in [-0.15, -0.1) is 0 Å². The Kier molecular flexibility index (Phi) is 3.12. The standard InChI is InChI=1S/C10H8FNO/c1-8(6-12-7-13)9-2-4-10(11)5-3-9/h2-6H,1H3/b8-6+. The van der Waals surface area contributed by atoms with E-state index < -0.39 is 0 Å². The SMILES string of the molecule is C/C(=C\N=C=O)c1ccc(F)cc1. The van der Waals surface area contributed by atoms with E-state index in [-0.39, 0.29) is 5.82 Å². The first-order valence-corrected chi connectivity index (χ1v) is 3.73. The molecule has 0 aliphatic rings. The first kappa shape index (κ1) is 9.36. The van der Waals surface area contributed by atoms with Gasteiger partial charge in [-0.3, -0.25) is 0 Å². The lowest BCUT2D eigenvalue weighted by Gasteiger charge is -1.97. The normalized spacial score (nSPS) is 10.8. The van der Waals surface area contributed by atoms with Crippen molar-refractivity contribution < 1.29 is 9.18 Å². The summed E-state index contributed by atoms with van der Waals surface area (Å²) in [5.74, 6) is -0.282. The number of hydrogen-bond acceptors (Lipinski definition) is 2. The number of isocyanates is 1. The zero-order chi connectivity index (χ0) is 9.68. The molecule has 0 atom stereocenters. The minimum atomic E-state index is -0.282. The molecule has 2 nitrogen and oxygen atoms in total. The second-order valence-electron chi connectivity index (χ2n) is 2.54. The molecule has 1 rings (SSSR count). The molecule has 0 fully saturated rings. The van der Waals surface area contributed by atoms with Crippen LogP contribution < -0.4 is 0 Å². The summed E-state index contributed by atoms with van der Waals surface area (Å²) in [4.78, 5) is 13.1. The molecule has 0 N–H and O–H groups in total. The Balaban J connectivity index is 2.95. The van der Waals surface area contributed by atoms with E-state index >= 15 is 0 Å². The summed E-state index contributed by atoms with van der Waals surface area (Å²) in [5, 5.41) is 0. The van der Waals surface area contributed by atoms with Crippen molar-refractivity contribution in [2.75, 3.05) is 0 Å². The van der Waals surface area contributed by atoms with Crippen molar-refractivity contribution in [3.8, 4) is 0 Å². The van der Waals surface area contributed by atoms with E-state index in [4.69, 9.17) is 0 Å². The molecule has 0 heterocycles. The molecule has 0 amide bonds. The molecule has 0 aromatic heterocycles. The molecule has 0 aliphatic heterocycles. The number of hydrogen-bond donors (Lipinski definition) is 0. The van der Waals surface area contributed by atoms with E-state index in [1.165, 1.54) is 24.4 Å². The van der Waals surface area contributed by atoms with Gasteiger partial charge in [-0.1, -0.05) is 12.1 Å². The molecule has 0 saturated carbocycles. The average molecular weight is 177 g/mol. The Morgan fingerprint density at radius 2 is 2.08 bits per heavy atom. The number of carbonyl (C=O) groups excluding carboxylic acids is 1. The topological polar surface area (TPSA) is 29.4 Å². The van der Waals surface area contributed by atoms with Crippen LogP contribution in [0.2, 0.25) is 0 Å². The second-order valence-corrected chi connectivity index (χ2v) is 2.54. The Morgan fingerprint density at radius 3 is 2.62 bits per heavy atom. The third kappa shape index (κ3) is 2.65. The van der Waals surface area contributed by atoms with Crippen molar-refractivity contribution in [1.29, 1.82) is 0 Å². The van der Waals surface area contributed by atoms with Gasteiger partial charge in [-0.25, -0.2) is 9.18 Å². The van der Waals surface area contributed by atoms with Crippen LogP contribution in [-0.4, -0.2) is 6.08 Å². The Labute approximate surface area is 75.4 Å². The second kappa shape index (κ2) is 4.33. The fourth-order valence-electron chi connectivity index (χ4n) is 0.910. The van der Waals surface area contributed by atoms with Gasteiger partial charge in [0, 0.05) is 6.20 Å². The van der Waals surface area contributed by atoms with Gasteiger partial charge in [0.25, 0.3) is 0 Å². The predicted molar refractivity (Wildman–Crippen MR) is 48.2 cm³/mol. The molecule has 0 saturated heterocycles. The summed E-state index contributed by atoms with van der Waals surface area (Å²) < 4.78 is 12.5. The highest BCUT2D eigenvalue weighted by Crippen LogP contribution is 2.13. The summed E-state index contributed by atoms with van der Waals surface area (Å²) in [6.07, 6.45) is 2.79. The van der Waals surface area contributed by atoms with Gasteiger partial charge in [0.2, 0.25) is 6.08 Å². The van der Waals surface area contributed by atoms with E-state index in [1.54, 1.807) is 19.1 Å². The van der Waals surface area contributed by atoms with Crippen molar-refractivity contribution in [2.45, 2.75) is 6.92 Å². The zero-order valence-corrected chi connectivity index (χ0v) is 7.12. The van der Waals surface area contributed by atoms with E-state index in [2.05, 4.69) is 4.99 Å². The third-order valence-corrected chi connectivity index (χ3v) is 1.61. The van der Waals surface area contributed by atoms with Crippen molar-refractivity contribution in [3.63, 3.8) is 0 Å². The largest absolute Gasteiger partial charge is 0.239 e. The summed E-state index contributed by atoms with van der Waals surface area (Å²) in [6, 6.07) is 5.97. The fraction of sp³-hybridized carbons (Fsp3) is 0.100. The van der Waals surface area contributed by atoms with Gasteiger partial charge in [-0.2, -0.15) is 4.99 Å². The van der Waals surface area contributed by atoms with Gasteiger partial charge >= 0.3 is 0 Å². The van der Waals surface area contributed by atoms with Gasteiger partial charge in [0.1, 0.15) is 5.82 Å². The maximum Gasteiger partial charge on any atom is 0.239 e. The molecular formula is C10H8FNO. The molecule has 0 aliphatic carbocycles. The van der Waals surface area contributed by atoms with Gasteiger partial charge in [-0.05, 0) is 30.2 Å². The minimum absolute atomic E-state index is 0.282. The number of allylic oxidation sites excluding steroid dienone is 1. The number of benzene rings is 1. The number of aliphatic imine (C=N–C) groups is 1. The van der Waals surface area contributed by atoms with Crippen molar-refractivity contribution in [2.24, 2.45) is 4.99 Å². The van der Waals surface area contributed by atoms with Crippen LogP contribution in [0.3, 0.4) is 0 Å². The van der Waals surface area contributed by atoms with Crippen molar-refractivity contribution in [3.05, 3.63) is 41.8 Å². The number of nitrogens with zero attached hydrogens (tertiary/aromatic N) is 1. The van der Waals surface area contributed by atoms with Crippen LogP contribution in [-0.2, 0) is 4.79 Å². The number of rotatable bonds is 2. The van der Waals surface area contributed by atoms with Crippen LogP contribution in [0.5, 0.6) is 0 Å². The maximum absolute atomic E-state index is 12.5. The minimum Gasteiger partial charge on any atom is -0.211 e. The lowest BCUT2D eigenvalue weighted by Crippen LogP contribution is -1.79. The summed E-state index contributed by atoms with van der Waals surface area (Å²) in [5.41, 5.74) is 1.63. The van der Waals surface area contributed by atoms with Gasteiger partial charge in [0.05, 0.1) is 0 Å². The molecule has 3 heteroatoms. The molecule has 0 radical (unpaired) electrons. The van der Waals surface area contributed by atoms with Crippen LogP contribution in [0.1, 0.15) is 12.5 Å². The smallest absolute Gasteiger partial charge is 0.211 e. The Hall–Kier alpha value is -1.73. The van der Waals surface area contributed by atoms with Crippen LogP contribution in [0, 0.1) is 5.82 Å². The highest BCUT2D eigenvalue weighted by molar-refractivity contribution is 5.64. The zero-order valence-electron chi connectivity index (χ0n) is 7.12. The maximum atomic E-state index is 12.5. The molecule has 0 bridgehead atoms. The van der Waals surface area contributed by atoms with E-state index in [0.717, 1.165) is 11.1 Å². The predicted octanol–water partition coefficient (Wildman–Crippen LogP) is 2.52. The molecule has 1 aromatic carbocycles. The van der Waals surface area contributed by atoms with Gasteiger partial charge in [0.15, 0.2) is 0 Å². The molecule has 66 valence electrons. The Morgan fingerprint density at radius 1 is 1.46 bits per heavy atom. The van der Waals surface area contributed by atoms with Crippen LogP contribution in [0.4, 0.5) is 4.39 Å². The van der Waals surface area contributed by atoms with E-state index in [9.17, 15) is 9.18 Å². The van der Waals surface area contributed by atoms with Crippen LogP contribution >= 0.6 is 0 Å². The lowest BCUT2D eigenvalue weighted by molar-refractivity contribution is 0.565. The molecule has 0 unspecified atom stereocenters. The summed E-state index contributed by atoms with van der Waals surface area (Å²) >= 11 is 0. The summed E-state index contributed by atoms with van der Waals surface area (Å²) in [6.45, 7) is 1.79. The molecule has 1 aromatic rings. The lowest BCUT2D eigenvalue weighted by atomic mass is 10.1. The highest BCUT2D eigenvalue weighted by atomic mass is 19.1. The van der Waals surface area contributed by atoms with Crippen LogP contribution in [0.15, 0.2) is 35.5 Å². The summed E-state index contributed by atoms with van der Waals surface area (Å²) in [7, 11) is 0. The van der Waals surface area contributed by atoms with Crippen molar-refractivity contribution >= 4 is 11.7 Å². The molecule has 13 heavy (non-hydrogen) atoms. The van der Waals surface area contributed by atoms with E-state index in [1.807, 2.05) is 0 Å². The van der Waals surface area contributed by atoms with Gasteiger partial charge < -0.3 is 0 Å². The average Bonchev–Trinajstić information content (AvgIpc) is 2.15. The molecular weight excluding hydrogens is 169 g/mol. The Bertz CT molecular complexity index is 361.